The number of benzene rings is 6. The molecule has 0 radical (unpaired) electrons. The predicted octanol–water partition coefficient (Wildman–Crippen LogP) is 7.60. The van der Waals surface area contributed by atoms with Gasteiger partial charge in [0.2, 0.25) is 0 Å². The summed E-state index contributed by atoms with van der Waals surface area (Å²) in [6, 6.07) is 32.3. The lowest BCUT2D eigenvalue weighted by Crippen LogP contribution is -1.89. The highest BCUT2D eigenvalue weighted by atomic mass is 16.3. The second-order valence-electron chi connectivity index (χ2n) is 8.26. The largest absolute Gasteiger partial charge is 0.508 e. The molecular formula is C30H20O3. The summed E-state index contributed by atoms with van der Waals surface area (Å²) in [5, 5.41) is 37.3. The minimum absolute atomic E-state index is 0.168. The van der Waals surface area contributed by atoms with Gasteiger partial charge in [-0.2, -0.15) is 0 Å². The zero-order chi connectivity index (χ0) is 22.5. The van der Waals surface area contributed by atoms with Gasteiger partial charge in [-0.15, -0.1) is 0 Å². The second kappa shape index (κ2) is 7.28. The summed E-state index contributed by atoms with van der Waals surface area (Å²) >= 11 is 0. The van der Waals surface area contributed by atoms with E-state index in [0.717, 1.165) is 49.2 Å². The first-order valence-corrected chi connectivity index (χ1v) is 10.8. The van der Waals surface area contributed by atoms with Crippen molar-refractivity contribution >= 4 is 32.3 Å². The molecule has 6 rings (SSSR count). The van der Waals surface area contributed by atoms with Crippen LogP contribution in [0, 0.1) is 0 Å². The van der Waals surface area contributed by atoms with Crippen LogP contribution in [-0.2, 0) is 0 Å². The Balaban J connectivity index is 1.73. The van der Waals surface area contributed by atoms with Crippen molar-refractivity contribution in [3.63, 3.8) is 0 Å². The fourth-order valence-corrected chi connectivity index (χ4v) is 4.91. The van der Waals surface area contributed by atoms with E-state index in [-0.39, 0.29) is 17.2 Å². The molecule has 3 nitrogen and oxygen atoms in total. The van der Waals surface area contributed by atoms with E-state index < -0.39 is 0 Å². The fraction of sp³-hybridized carbons (Fsp3) is 0. The smallest absolute Gasteiger partial charge is 0.124 e. The summed E-state index contributed by atoms with van der Waals surface area (Å²) in [5.41, 5.74) is 3.50. The third-order valence-corrected chi connectivity index (χ3v) is 6.33. The molecule has 33 heavy (non-hydrogen) atoms. The molecule has 158 valence electrons. The maximum atomic E-state index is 11.0. The minimum atomic E-state index is 0.168. The predicted molar refractivity (Wildman–Crippen MR) is 135 cm³/mol. The van der Waals surface area contributed by atoms with E-state index in [1.54, 1.807) is 24.3 Å². The molecule has 6 aromatic rings. The lowest BCUT2D eigenvalue weighted by molar-refractivity contribution is 0.476. The molecule has 3 heteroatoms. The van der Waals surface area contributed by atoms with Crippen LogP contribution in [0.3, 0.4) is 0 Å². The molecule has 0 heterocycles. The molecule has 0 fully saturated rings. The summed E-state index contributed by atoms with van der Waals surface area (Å²) in [4.78, 5) is 0. The normalized spacial score (nSPS) is 11.4. The average Bonchev–Trinajstić information content (AvgIpc) is 2.83. The summed E-state index contributed by atoms with van der Waals surface area (Å²) in [6.45, 7) is 0. The van der Waals surface area contributed by atoms with Crippen LogP contribution in [0.1, 0.15) is 0 Å². The van der Waals surface area contributed by atoms with Crippen molar-refractivity contribution in [1.29, 1.82) is 0 Å². The van der Waals surface area contributed by atoms with Crippen molar-refractivity contribution in [3.05, 3.63) is 103 Å². The molecule has 6 aromatic carbocycles. The van der Waals surface area contributed by atoms with Crippen LogP contribution in [0.15, 0.2) is 103 Å². The standard InChI is InChI=1S/C30H20O3/c31-20-16-19-6-1-2-9-21(19)26(17-20)22-14-15-25(30-23(22)11-5-13-28(30)33)24-10-3-7-18-8-4-12-27(32)29(18)24/h1-17,31-33H. The Morgan fingerprint density at radius 3 is 1.85 bits per heavy atom. The molecule has 0 bridgehead atoms. The van der Waals surface area contributed by atoms with Gasteiger partial charge in [0.15, 0.2) is 0 Å². The van der Waals surface area contributed by atoms with Crippen molar-refractivity contribution in [1.82, 2.24) is 0 Å². The number of phenolic OH excluding ortho intramolecular Hbond substituents is 3. The van der Waals surface area contributed by atoms with Crippen LogP contribution in [-0.4, -0.2) is 15.3 Å². The van der Waals surface area contributed by atoms with Crippen LogP contribution < -0.4 is 0 Å². The maximum absolute atomic E-state index is 11.0. The Labute approximate surface area is 190 Å². The zero-order valence-electron chi connectivity index (χ0n) is 17.7. The minimum Gasteiger partial charge on any atom is -0.508 e. The topological polar surface area (TPSA) is 60.7 Å². The van der Waals surface area contributed by atoms with Crippen LogP contribution in [0.5, 0.6) is 17.2 Å². The zero-order valence-corrected chi connectivity index (χ0v) is 17.7. The molecule has 0 aliphatic rings. The van der Waals surface area contributed by atoms with Gasteiger partial charge < -0.3 is 15.3 Å². The molecule has 0 aliphatic carbocycles. The van der Waals surface area contributed by atoms with Crippen molar-refractivity contribution in [2.45, 2.75) is 0 Å². The molecule has 0 amide bonds. The van der Waals surface area contributed by atoms with Gasteiger partial charge in [0.1, 0.15) is 17.2 Å². The molecule has 0 atom stereocenters. The Morgan fingerprint density at radius 2 is 1.00 bits per heavy atom. The SMILES string of the molecule is Oc1cc(-c2ccc(-c3cccc4cccc(O)c34)c3c(O)cccc23)c2ccccc2c1. The highest BCUT2D eigenvalue weighted by molar-refractivity contribution is 6.15. The van der Waals surface area contributed by atoms with Gasteiger partial charge in [0, 0.05) is 10.8 Å². The molecule has 3 N–H and O–H groups in total. The lowest BCUT2D eigenvalue weighted by Gasteiger charge is -2.16. The fourth-order valence-electron chi connectivity index (χ4n) is 4.91. The van der Waals surface area contributed by atoms with Crippen LogP contribution in [0.4, 0.5) is 0 Å². The van der Waals surface area contributed by atoms with Crippen molar-refractivity contribution in [3.8, 4) is 39.5 Å². The number of phenols is 3. The summed E-state index contributed by atoms with van der Waals surface area (Å²) < 4.78 is 0. The van der Waals surface area contributed by atoms with Crippen LogP contribution in [0.2, 0.25) is 0 Å². The highest BCUT2D eigenvalue weighted by Gasteiger charge is 2.17. The number of rotatable bonds is 2. The molecule has 0 unspecified atom stereocenters. The Kier molecular flexibility index (Phi) is 4.24. The van der Waals surface area contributed by atoms with Gasteiger partial charge >= 0.3 is 0 Å². The van der Waals surface area contributed by atoms with Crippen molar-refractivity contribution in [2.24, 2.45) is 0 Å². The van der Waals surface area contributed by atoms with Crippen LogP contribution >= 0.6 is 0 Å². The summed E-state index contributed by atoms with van der Waals surface area (Å²) in [6.07, 6.45) is 0. The Hall–Kier alpha value is -4.50. The van der Waals surface area contributed by atoms with Gasteiger partial charge in [-0.1, -0.05) is 78.9 Å². The van der Waals surface area contributed by atoms with E-state index >= 15 is 0 Å². The van der Waals surface area contributed by atoms with Crippen LogP contribution in [0.25, 0.3) is 54.6 Å². The maximum Gasteiger partial charge on any atom is 0.124 e. The molecular weight excluding hydrogens is 408 g/mol. The first-order valence-electron chi connectivity index (χ1n) is 10.8. The number of aromatic hydroxyl groups is 3. The lowest BCUT2D eigenvalue weighted by atomic mass is 9.88. The third kappa shape index (κ3) is 2.98. The summed E-state index contributed by atoms with van der Waals surface area (Å²) in [7, 11) is 0. The van der Waals surface area contributed by atoms with E-state index in [1.807, 2.05) is 78.9 Å². The van der Waals surface area contributed by atoms with Crippen molar-refractivity contribution in [2.75, 3.05) is 0 Å². The van der Waals surface area contributed by atoms with E-state index in [0.29, 0.717) is 5.39 Å². The molecule has 0 aliphatic heterocycles. The van der Waals surface area contributed by atoms with Gasteiger partial charge in [-0.05, 0) is 68.1 Å². The first-order chi connectivity index (χ1) is 16.1. The van der Waals surface area contributed by atoms with E-state index in [1.165, 1.54) is 0 Å². The molecule has 0 aromatic heterocycles. The Morgan fingerprint density at radius 1 is 0.394 bits per heavy atom. The number of fused-ring (bicyclic) bond motifs is 3. The monoisotopic (exact) mass is 428 g/mol. The van der Waals surface area contributed by atoms with Gasteiger partial charge in [-0.3, -0.25) is 0 Å². The molecule has 0 saturated carbocycles. The quantitative estimate of drug-likeness (QED) is 0.266. The van der Waals surface area contributed by atoms with E-state index in [4.69, 9.17) is 0 Å². The Bertz CT molecular complexity index is 1690. The summed E-state index contributed by atoms with van der Waals surface area (Å²) in [5.74, 6) is 0.566. The van der Waals surface area contributed by atoms with Gasteiger partial charge in [0.25, 0.3) is 0 Å². The first kappa shape index (κ1) is 19.2. The van der Waals surface area contributed by atoms with E-state index in [2.05, 4.69) is 0 Å². The van der Waals surface area contributed by atoms with Gasteiger partial charge in [0.05, 0.1) is 0 Å². The van der Waals surface area contributed by atoms with E-state index in [9.17, 15) is 15.3 Å². The average molecular weight is 428 g/mol. The highest BCUT2D eigenvalue weighted by Crippen LogP contribution is 2.45. The third-order valence-electron chi connectivity index (χ3n) is 6.33. The molecule has 0 saturated heterocycles. The second-order valence-corrected chi connectivity index (χ2v) is 8.26. The van der Waals surface area contributed by atoms with Crippen molar-refractivity contribution < 1.29 is 15.3 Å². The number of hydrogen-bond donors (Lipinski definition) is 3. The molecule has 0 spiro atoms. The number of hydrogen-bond acceptors (Lipinski definition) is 3. The van der Waals surface area contributed by atoms with Gasteiger partial charge in [-0.25, -0.2) is 0 Å².